The van der Waals surface area contributed by atoms with Crippen molar-refractivity contribution < 1.29 is 9.44 Å². The Morgan fingerprint density at radius 1 is 1.30 bits per heavy atom. The predicted octanol–water partition coefficient (Wildman–Crippen LogP) is 1.48. The maximum absolute atomic E-state index is 9.12. The van der Waals surface area contributed by atoms with E-state index in [0.717, 1.165) is 11.0 Å². The average molecular weight is 132 g/mol. The van der Waals surface area contributed by atoms with Crippen LogP contribution in [0.4, 0.5) is 0 Å². The minimum atomic E-state index is 0.204. The molecule has 0 atom stereocenters. The van der Waals surface area contributed by atoms with Crippen molar-refractivity contribution in [3.63, 3.8) is 0 Å². The summed E-state index contributed by atoms with van der Waals surface area (Å²) in [6.45, 7) is 0. The van der Waals surface area contributed by atoms with Crippen LogP contribution in [0.2, 0.25) is 0 Å². The molecule has 48 valence electrons. The maximum atomic E-state index is 9.12. The molecule has 1 N–H and O–H groups in total. The van der Waals surface area contributed by atoms with Crippen LogP contribution in [-0.4, -0.2) is 12.2 Å². The van der Waals surface area contributed by atoms with Gasteiger partial charge in [0.2, 0.25) is 0 Å². The van der Waals surface area contributed by atoms with Crippen molar-refractivity contribution in [3.8, 4) is 5.64 Å². The predicted molar refractivity (Wildman–Crippen MR) is 39.2 cm³/mol. The second kappa shape index (κ2) is 1.87. The van der Waals surface area contributed by atoms with Crippen LogP contribution in [0.5, 0.6) is 5.64 Å². The van der Waals surface area contributed by atoms with Crippen LogP contribution < -0.4 is 0 Å². The van der Waals surface area contributed by atoms with Gasteiger partial charge in [-0.15, -0.1) is 0 Å². The molecule has 2 nitrogen and oxygen atoms in total. The molecule has 0 fully saturated rings. The summed E-state index contributed by atoms with van der Waals surface area (Å²) in [5.74, 6) is 0. The summed E-state index contributed by atoms with van der Waals surface area (Å²) in [6, 6.07) is 7.35. The molecular formula is C7H5BO2. The zero-order chi connectivity index (χ0) is 6.97. The topological polar surface area (TPSA) is 33.4 Å². The quantitative estimate of drug-likeness (QED) is 0.588. The Hall–Kier alpha value is -1.25. The van der Waals surface area contributed by atoms with Crippen molar-refractivity contribution in [1.29, 1.82) is 0 Å². The van der Waals surface area contributed by atoms with Gasteiger partial charge in [-0.1, -0.05) is 0 Å². The zero-order valence-corrected chi connectivity index (χ0v) is 5.24. The van der Waals surface area contributed by atoms with Gasteiger partial charge in [0.1, 0.15) is 0 Å². The van der Waals surface area contributed by atoms with E-state index < -0.39 is 0 Å². The SMILES string of the molecule is Oc1boc2ccccc12. The van der Waals surface area contributed by atoms with Crippen LogP contribution in [0.3, 0.4) is 0 Å². The van der Waals surface area contributed by atoms with E-state index in [1.165, 1.54) is 7.13 Å². The van der Waals surface area contributed by atoms with Gasteiger partial charge in [-0.2, -0.15) is 0 Å². The fraction of sp³-hybridized carbons (Fsp3) is 0. The van der Waals surface area contributed by atoms with E-state index in [1.807, 2.05) is 24.3 Å². The Morgan fingerprint density at radius 3 is 2.90 bits per heavy atom. The monoisotopic (exact) mass is 132 g/mol. The van der Waals surface area contributed by atoms with Crippen LogP contribution in [0.1, 0.15) is 0 Å². The number of para-hydroxylation sites is 1. The first-order chi connectivity index (χ1) is 4.88. The average Bonchev–Trinajstić information content (AvgIpc) is 2.34. The molecule has 0 spiro atoms. The first-order valence-corrected chi connectivity index (χ1v) is 3.03. The third-order valence-corrected chi connectivity index (χ3v) is 1.46. The molecule has 0 aliphatic rings. The molecule has 1 aromatic heterocycles. The number of hydrogen-bond acceptors (Lipinski definition) is 2. The Balaban J connectivity index is 2.93. The van der Waals surface area contributed by atoms with Crippen molar-refractivity contribution in [1.82, 2.24) is 0 Å². The normalized spacial score (nSPS) is 10.0. The molecule has 0 amide bonds. The van der Waals surface area contributed by atoms with Gasteiger partial charge in [0, 0.05) is 0 Å². The van der Waals surface area contributed by atoms with Crippen LogP contribution in [0.25, 0.3) is 11.0 Å². The third-order valence-electron chi connectivity index (χ3n) is 1.46. The fourth-order valence-electron chi connectivity index (χ4n) is 0.964. The van der Waals surface area contributed by atoms with E-state index in [4.69, 9.17) is 9.44 Å². The Bertz CT molecular complexity index is 353. The number of benzene rings is 1. The van der Waals surface area contributed by atoms with Gasteiger partial charge in [-0.25, -0.2) is 0 Å². The van der Waals surface area contributed by atoms with Crippen molar-refractivity contribution in [2.24, 2.45) is 0 Å². The fourth-order valence-corrected chi connectivity index (χ4v) is 0.964. The van der Waals surface area contributed by atoms with Gasteiger partial charge in [0.25, 0.3) is 0 Å². The van der Waals surface area contributed by atoms with Gasteiger partial charge >= 0.3 is 57.4 Å². The molecule has 0 unspecified atom stereocenters. The summed E-state index contributed by atoms with van der Waals surface area (Å²) in [6.07, 6.45) is 0. The summed E-state index contributed by atoms with van der Waals surface area (Å²) >= 11 is 0. The molecule has 1 heterocycles. The standard InChI is InChI=1S/C7H5BO2/c9-7-5-3-1-2-4-6(5)10-8-7/h1-4,9H. The van der Waals surface area contributed by atoms with Crippen molar-refractivity contribution in [2.45, 2.75) is 0 Å². The summed E-state index contributed by atoms with van der Waals surface area (Å²) in [4.78, 5) is 0. The van der Waals surface area contributed by atoms with E-state index in [2.05, 4.69) is 0 Å². The molecule has 10 heavy (non-hydrogen) atoms. The van der Waals surface area contributed by atoms with Crippen LogP contribution in [0, 0.1) is 0 Å². The van der Waals surface area contributed by atoms with Gasteiger partial charge in [-0.05, 0) is 0 Å². The molecule has 0 radical (unpaired) electrons. The molecular weight excluding hydrogens is 127 g/mol. The van der Waals surface area contributed by atoms with Crippen LogP contribution >= 0.6 is 0 Å². The molecule has 2 rings (SSSR count). The second-order valence-electron chi connectivity index (χ2n) is 2.12. The number of rotatable bonds is 0. The second-order valence-corrected chi connectivity index (χ2v) is 2.12. The summed E-state index contributed by atoms with van der Waals surface area (Å²) in [5, 5.41) is 9.88. The summed E-state index contributed by atoms with van der Waals surface area (Å²) in [5.41, 5.74) is 0.926. The van der Waals surface area contributed by atoms with Gasteiger partial charge in [-0.3, -0.25) is 0 Å². The molecule has 2 aromatic rings. The minimum absolute atomic E-state index is 0.204. The molecule has 0 bridgehead atoms. The summed E-state index contributed by atoms with van der Waals surface area (Å²) < 4.78 is 5.00. The number of hydrogen-bond donors (Lipinski definition) is 1. The number of aromatic hydroxyl groups is 1. The van der Waals surface area contributed by atoms with E-state index >= 15 is 0 Å². The van der Waals surface area contributed by atoms with E-state index in [9.17, 15) is 0 Å². The third kappa shape index (κ3) is 0.636. The van der Waals surface area contributed by atoms with E-state index in [1.54, 1.807) is 0 Å². The molecule has 3 heteroatoms. The molecule has 1 aromatic carbocycles. The zero-order valence-electron chi connectivity index (χ0n) is 5.24. The molecule has 0 aliphatic carbocycles. The van der Waals surface area contributed by atoms with Gasteiger partial charge < -0.3 is 0 Å². The van der Waals surface area contributed by atoms with Crippen molar-refractivity contribution in [2.75, 3.05) is 0 Å². The first-order valence-electron chi connectivity index (χ1n) is 3.03. The first kappa shape index (κ1) is 5.53. The van der Waals surface area contributed by atoms with Crippen molar-refractivity contribution >= 4 is 18.1 Å². The Labute approximate surface area is 58.3 Å². The van der Waals surface area contributed by atoms with E-state index in [-0.39, 0.29) is 5.64 Å². The summed E-state index contributed by atoms with van der Waals surface area (Å²) in [7, 11) is 1.34. The Kier molecular flexibility index (Phi) is 1.03. The van der Waals surface area contributed by atoms with Crippen LogP contribution in [0.15, 0.2) is 28.6 Å². The van der Waals surface area contributed by atoms with Crippen molar-refractivity contribution in [3.05, 3.63) is 24.3 Å². The molecule has 0 aliphatic heterocycles. The van der Waals surface area contributed by atoms with Gasteiger partial charge in [0.15, 0.2) is 0 Å². The molecule has 0 saturated heterocycles. The molecule has 0 saturated carbocycles. The van der Waals surface area contributed by atoms with Gasteiger partial charge in [0.05, 0.1) is 0 Å². The number of fused-ring (bicyclic) bond motifs is 1. The Morgan fingerprint density at radius 2 is 2.10 bits per heavy atom. The van der Waals surface area contributed by atoms with Crippen LogP contribution in [-0.2, 0) is 0 Å². The van der Waals surface area contributed by atoms with E-state index in [0.29, 0.717) is 0 Å².